The van der Waals surface area contributed by atoms with Crippen LogP contribution in [0, 0.1) is 0 Å². The first-order valence-electron chi connectivity index (χ1n) is 8.80. The SMILES string of the molecule is CCOC(=O)Cc1csc(NN=Cc2ccc(OCC)c(COC(C)=O)c2)n1. The minimum Gasteiger partial charge on any atom is -0.493 e. The molecule has 2 aromatic rings. The molecule has 1 aromatic carbocycles. The number of nitrogens with one attached hydrogen (secondary N) is 1. The highest BCUT2D eigenvalue weighted by Gasteiger charge is 2.08. The average Bonchev–Trinajstić information content (AvgIpc) is 3.09. The second-order valence-electron chi connectivity index (χ2n) is 5.58. The van der Waals surface area contributed by atoms with Crippen molar-refractivity contribution in [3.05, 3.63) is 40.4 Å². The Bertz CT molecular complexity index is 835. The van der Waals surface area contributed by atoms with Gasteiger partial charge in [0.25, 0.3) is 0 Å². The van der Waals surface area contributed by atoms with E-state index in [1.807, 2.05) is 25.1 Å². The molecule has 2 rings (SSSR count). The highest BCUT2D eigenvalue weighted by atomic mass is 32.1. The Labute approximate surface area is 167 Å². The first-order valence-corrected chi connectivity index (χ1v) is 9.68. The van der Waals surface area contributed by atoms with Gasteiger partial charge >= 0.3 is 11.9 Å². The molecule has 0 fully saturated rings. The van der Waals surface area contributed by atoms with E-state index in [0.29, 0.717) is 29.8 Å². The summed E-state index contributed by atoms with van der Waals surface area (Å²) in [4.78, 5) is 26.8. The Morgan fingerprint density at radius 2 is 2.07 bits per heavy atom. The maximum absolute atomic E-state index is 11.5. The van der Waals surface area contributed by atoms with Crippen LogP contribution in [0.25, 0.3) is 0 Å². The van der Waals surface area contributed by atoms with Crippen LogP contribution in [0.5, 0.6) is 5.75 Å². The molecule has 0 atom stereocenters. The molecule has 1 heterocycles. The van der Waals surface area contributed by atoms with Crippen LogP contribution in [0.3, 0.4) is 0 Å². The summed E-state index contributed by atoms with van der Waals surface area (Å²) in [5.74, 6) is 0.000478. The van der Waals surface area contributed by atoms with Crippen LogP contribution in [0.2, 0.25) is 0 Å². The van der Waals surface area contributed by atoms with Crippen LogP contribution in [0.1, 0.15) is 37.6 Å². The van der Waals surface area contributed by atoms with Crippen LogP contribution in [-0.4, -0.2) is 36.4 Å². The number of nitrogens with zero attached hydrogens (tertiary/aromatic N) is 2. The second-order valence-corrected chi connectivity index (χ2v) is 6.43. The third kappa shape index (κ3) is 6.99. The molecule has 150 valence electrons. The van der Waals surface area contributed by atoms with E-state index in [1.54, 1.807) is 18.5 Å². The van der Waals surface area contributed by atoms with E-state index in [-0.39, 0.29) is 25.0 Å². The van der Waals surface area contributed by atoms with Gasteiger partial charge in [0, 0.05) is 17.9 Å². The Kier molecular flexibility index (Phi) is 8.41. The number of ether oxygens (including phenoxy) is 3. The lowest BCUT2D eigenvalue weighted by molar-refractivity contribution is -0.143. The van der Waals surface area contributed by atoms with Crippen molar-refractivity contribution < 1.29 is 23.8 Å². The molecule has 0 aliphatic rings. The second kappa shape index (κ2) is 11.0. The van der Waals surface area contributed by atoms with Crippen LogP contribution >= 0.6 is 11.3 Å². The molecule has 8 nitrogen and oxygen atoms in total. The number of aromatic nitrogens is 1. The van der Waals surface area contributed by atoms with Crippen molar-refractivity contribution in [1.82, 2.24) is 4.98 Å². The fourth-order valence-corrected chi connectivity index (χ4v) is 2.89. The van der Waals surface area contributed by atoms with Gasteiger partial charge in [-0.3, -0.25) is 15.0 Å². The fourth-order valence-electron chi connectivity index (χ4n) is 2.23. The number of anilines is 1. The number of esters is 2. The van der Waals surface area contributed by atoms with E-state index < -0.39 is 0 Å². The average molecular weight is 405 g/mol. The zero-order valence-corrected chi connectivity index (χ0v) is 16.9. The predicted molar refractivity (Wildman–Crippen MR) is 107 cm³/mol. The topological polar surface area (TPSA) is 99.1 Å². The van der Waals surface area contributed by atoms with Crippen LogP contribution in [-0.2, 0) is 32.1 Å². The van der Waals surface area contributed by atoms with Crippen LogP contribution in [0.4, 0.5) is 5.13 Å². The van der Waals surface area contributed by atoms with Crippen molar-refractivity contribution in [2.45, 2.75) is 33.8 Å². The largest absolute Gasteiger partial charge is 0.493 e. The zero-order valence-electron chi connectivity index (χ0n) is 16.1. The van der Waals surface area contributed by atoms with Gasteiger partial charge in [-0.15, -0.1) is 11.3 Å². The summed E-state index contributed by atoms with van der Waals surface area (Å²) in [6.45, 7) is 6.00. The van der Waals surface area contributed by atoms with Gasteiger partial charge in [0.1, 0.15) is 12.4 Å². The Morgan fingerprint density at radius 1 is 1.25 bits per heavy atom. The lowest BCUT2D eigenvalue weighted by Gasteiger charge is -2.11. The van der Waals surface area contributed by atoms with Crippen LogP contribution < -0.4 is 10.2 Å². The number of carbonyl (C=O) groups is 2. The number of rotatable bonds is 10. The van der Waals surface area contributed by atoms with Crippen molar-refractivity contribution in [3.8, 4) is 5.75 Å². The third-order valence-electron chi connectivity index (χ3n) is 3.37. The first kappa shape index (κ1) is 21.4. The molecular formula is C19H23N3O5S. The maximum Gasteiger partial charge on any atom is 0.311 e. The smallest absolute Gasteiger partial charge is 0.311 e. The van der Waals surface area contributed by atoms with Gasteiger partial charge < -0.3 is 14.2 Å². The standard InChI is InChI=1S/C19H23N3O5S/c1-4-25-17-7-6-14(8-15(17)11-27-13(3)23)10-20-22-19-21-16(12-28-19)9-18(24)26-5-2/h6-8,10,12H,4-5,9,11H2,1-3H3,(H,21,22). The van der Waals surface area contributed by atoms with Crippen molar-refractivity contribution in [2.24, 2.45) is 5.10 Å². The zero-order chi connectivity index (χ0) is 20.4. The van der Waals surface area contributed by atoms with Crippen molar-refractivity contribution in [1.29, 1.82) is 0 Å². The molecular weight excluding hydrogens is 382 g/mol. The molecule has 1 aromatic heterocycles. The first-order chi connectivity index (χ1) is 13.5. The number of benzene rings is 1. The van der Waals surface area contributed by atoms with Gasteiger partial charge in [0.05, 0.1) is 31.5 Å². The Hall–Kier alpha value is -2.94. The van der Waals surface area contributed by atoms with E-state index in [1.165, 1.54) is 18.3 Å². The number of hydrazone groups is 1. The van der Waals surface area contributed by atoms with Crippen molar-refractivity contribution in [2.75, 3.05) is 18.6 Å². The molecule has 28 heavy (non-hydrogen) atoms. The molecule has 1 N–H and O–H groups in total. The molecule has 0 aliphatic carbocycles. The predicted octanol–water partition coefficient (Wildman–Crippen LogP) is 3.16. The fraction of sp³-hybridized carbons (Fsp3) is 0.368. The molecule has 0 saturated carbocycles. The van der Waals surface area contributed by atoms with Crippen molar-refractivity contribution >= 4 is 34.6 Å². The van der Waals surface area contributed by atoms with Gasteiger partial charge in [-0.05, 0) is 37.6 Å². The highest BCUT2D eigenvalue weighted by molar-refractivity contribution is 7.13. The van der Waals surface area contributed by atoms with E-state index in [2.05, 4.69) is 15.5 Å². The van der Waals surface area contributed by atoms with Gasteiger partial charge in [0.15, 0.2) is 0 Å². The Morgan fingerprint density at radius 3 is 2.79 bits per heavy atom. The van der Waals surface area contributed by atoms with Crippen LogP contribution in [0.15, 0.2) is 28.7 Å². The number of thiazole rings is 1. The third-order valence-corrected chi connectivity index (χ3v) is 4.17. The molecule has 0 radical (unpaired) electrons. The Balaban J connectivity index is 1.99. The highest BCUT2D eigenvalue weighted by Crippen LogP contribution is 2.21. The van der Waals surface area contributed by atoms with Gasteiger partial charge in [-0.2, -0.15) is 5.10 Å². The van der Waals surface area contributed by atoms with E-state index in [0.717, 1.165) is 11.1 Å². The number of hydrogen-bond donors (Lipinski definition) is 1. The summed E-state index contributed by atoms with van der Waals surface area (Å²) in [6.07, 6.45) is 1.76. The molecule has 0 spiro atoms. The summed E-state index contributed by atoms with van der Waals surface area (Å²) >= 11 is 1.35. The maximum atomic E-state index is 11.5. The monoisotopic (exact) mass is 405 g/mol. The van der Waals surface area contributed by atoms with Gasteiger partial charge in [0.2, 0.25) is 5.13 Å². The summed E-state index contributed by atoms with van der Waals surface area (Å²) in [7, 11) is 0. The lowest BCUT2D eigenvalue weighted by Crippen LogP contribution is -2.07. The molecule has 9 heteroatoms. The molecule has 0 amide bonds. The lowest BCUT2D eigenvalue weighted by atomic mass is 10.1. The quantitative estimate of drug-likeness (QED) is 0.368. The molecule has 0 aliphatic heterocycles. The summed E-state index contributed by atoms with van der Waals surface area (Å²) in [5, 5.41) is 6.51. The number of hydrogen-bond acceptors (Lipinski definition) is 9. The molecule has 0 bridgehead atoms. The summed E-state index contributed by atoms with van der Waals surface area (Å²) in [5.41, 5.74) is 5.03. The molecule has 0 saturated heterocycles. The minimum absolute atomic E-state index is 0.128. The van der Waals surface area contributed by atoms with E-state index in [9.17, 15) is 9.59 Å². The van der Waals surface area contributed by atoms with E-state index >= 15 is 0 Å². The summed E-state index contributed by atoms with van der Waals surface area (Å²) < 4.78 is 15.5. The number of carbonyl (C=O) groups excluding carboxylic acids is 2. The van der Waals surface area contributed by atoms with Gasteiger partial charge in [-0.25, -0.2) is 4.98 Å². The minimum atomic E-state index is -0.356. The van der Waals surface area contributed by atoms with Crippen molar-refractivity contribution in [3.63, 3.8) is 0 Å². The van der Waals surface area contributed by atoms with Gasteiger partial charge in [-0.1, -0.05) is 0 Å². The normalized spacial score (nSPS) is 10.7. The molecule has 0 unspecified atom stereocenters. The summed E-state index contributed by atoms with van der Waals surface area (Å²) in [6, 6.07) is 5.50. The van der Waals surface area contributed by atoms with E-state index in [4.69, 9.17) is 14.2 Å².